The first-order valence-corrected chi connectivity index (χ1v) is 9.03. The predicted octanol–water partition coefficient (Wildman–Crippen LogP) is 2.26. The van der Waals surface area contributed by atoms with Crippen molar-refractivity contribution >= 4 is 27.8 Å². The lowest BCUT2D eigenvalue weighted by molar-refractivity contribution is -0.130. The second kappa shape index (κ2) is 9.01. The van der Waals surface area contributed by atoms with E-state index >= 15 is 0 Å². The van der Waals surface area contributed by atoms with Crippen LogP contribution in [0.1, 0.15) is 19.4 Å². The van der Waals surface area contributed by atoms with Gasteiger partial charge in [0.15, 0.2) is 5.96 Å². The Bertz CT molecular complexity index is 600. The van der Waals surface area contributed by atoms with Crippen molar-refractivity contribution in [2.24, 2.45) is 4.99 Å². The SMILES string of the molecule is CCNC(=NCCc1cc(Br)ccc1F)N1CCN(C(C)=O)CC1. The van der Waals surface area contributed by atoms with Crippen LogP contribution in [-0.2, 0) is 11.2 Å². The highest BCUT2D eigenvalue weighted by molar-refractivity contribution is 9.10. The molecule has 1 amide bonds. The number of piperazine rings is 1. The van der Waals surface area contributed by atoms with Crippen molar-refractivity contribution in [2.75, 3.05) is 39.3 Å². The zero-order valence-electron chi connectivity index (χ0n) is 14.2. The maximum Gasteiger partial charge on any atom is 0.219 e. The standard InChI is InChI=1S/C17H24BrFN4O/c1-3-20-17(23-10-8-22(9-11-23)13(2)24)21-7-6-14-12-15(18)4-5-16(14)19/h4-5,12H,3,6-11H2,1-2H3,(H,20,21). The summed E-state index contributed by atoms with van der Waals surface area (Å²) >= 11 is 3.37. The first-order chi connectivity index (χ1) is 11.5. The molecule has 1 saturated heterocycles. The van der Waals surface area contributed by atoms with Gasteiger partial charge in [-0.25, -0.2) is 4.39 Å². The van der Waals surface area contributed by atoms with E-state index in [1.54, 1.807) is 19.1 Å². The van der Waals surface area contributed by atoms with Crippen molar-refractivity contribution in [2.45, 2.75) is 20.3 Å². The summed E-state index contributed by atoms with van der Waals surface area (Å²) in [5.41, 5.74) is 0.658. The Balaban J connectivity index is 1.96. The smallest absolute Gasteiger partial charge is 0.219 e. The predicted molar refractivity (Wildman–Crippen MR) is 97.6 cm³/mol. The van der Waals surface area contributed by atoms with Crippen LogP contribution in [0.4, 0.5) is 4.39 Å². The Labute approximate surface area is 151 Å². The van der Waals surface area contributed by atoms with Crippen molar-refractivity contribution in [3.05, 3.63) is 34.1 Å². The number of aliphatic imine (C=N–C) groups is 1. The minimum Gasteiger partial charge on any atom is -0.357 e. The van der Waals surface area contributed by atoms with Gasteiger partial charge >= 0.3 is 0 Å². The molecular weight excluding hydrogens is 375 g/mol. The summed E-state index contributed by atoms with van der Waals surface area (Å²) in [7, 11) is 0. The molecule has 1 aromatic carbocycles. The summed E-state index contributed by atoms with van der Waals surface area (Å²) in [6, 6.07) is 4.96. The molecule has 0 bridgehead atoms. The zero-order valence-corrected chi connectivity index (χ0v) is 15.8. The molecule has 0 spiro atoms. The minimum absolute atomic E-state index is 0.113. The number of carbonyl (C=O) groups excluding carboxylic acids is 1. The van der Waals surface area contributed by atoms with E-state index in [1.165, 1.54) is 6.07 Å². The van der Waals surface area contributed by atoms with E-state index in [-0.39, 0.29) is 11.7 Å². The molecule has 0 saturated carbocycles. The molecule has 0 atom stereocenters. The Morgan fingerprint density at radius 3 is 2.58 bits per heavy atom. The van der Waals surface area contributed by atoms with Gasteiger partial charge in [0.05, 0.1) is 0 Å². The summed E-state index contributed by atoms with van der Waals surface area (Å²) < 4.78 is 14.7. The molecule has 0 radical (unpaired) electrons. The van der Waals surface area contributed by atoms with Crippen molar-refractivity contribution in [3.63, 3.8) is 0 Å². The fraction of sp³-hybridized carbons (Fsp3) is 0.529. The minimum atomic E-state index is -0.200. The molecule has 1 N–H and O–H groups in total. The fourth-order valence-corrected chi connectivity index (χ4v) is 3.08. The number of benzene rings is 1. The van der Waals surface area contributed by atoms with Gasteiger partial charge in [0, 0.05) is 50.7 Å². The van der Waals surface area contributed by atoms with Gasteiger partial charge < -0.3 is 15.1 Å². The first-order valence-electron chi connectivity index (χ1n) is 8.24. The van der Waals surface area contributed by atoms with E-state index in [0.717, 1.165) is 30.1 Å². The van der Waals surface area contributed by atoms with Gasteiger partial charge in [0.1, 0.15) is 5.82 Å². The van der Waals surface area contributed by atoms with Crippen LogP contribution in [0.15, 0.2) is 27.7 Å². The maximum atomic E-state index is 13.8. The monoisotopic (exact) mass is 398 g/mol. The van der Waals surface area contributed by atoms with Gasteiger partial charge in [-0.1, -0.05) is 15.9 Å². The van der Waals surface area contributed by atoms with Crippen molar-refractivity contribution in [1.82, 2.24) is 15.1 Å². The maximum absolute atomic E-state index is 13.8. The van der Waals surface area contributed by atoms with E-state index in [0.29, 0.717) is 31.6 Å². The quantitative estimate of drug-likeness (QED) is 0.624. The van der Waals surface area contributed by atoms with Crippen molar-refractivity contribution in [3.8, 4) is 0 Å². The summed E-state index contributed by atoms with van der Waals surface area (Å²) in [5.74, 6) is 0.742. The van der Waals surface area contributed by atoms with Gasteiger partial charge in [0.25, 0.3) is 0 Å². The molecular formula is C17H24BrFN4O. The molecule has 132 valence electrons. The lowest BCUT2D eigenvalue weighted by atomic mass is 10.1. The normalized spacial score (nSPS) is 15.6. The number of hydrogen-bond donors (Lipinski definition) is 1. The number of amides is 1. The Morgan fingerprint density at radius 2 is 1.96 bits per heavy atom. The van der Waals surface area contributed by atoms with Crippen LogP contribution in [0, 0.1) is 5.82 Å². The average Bonchev–Trinajstić information content (AvgIpc) is 2.57. The molecule has 5 nitrogen and oxygen atoms in total. The van der Waals surface area contributed by atoms with Gasteiger partial charge in [-0.05, 0) is 37.1 Å². The molecule has 0 unspecified atom stereocenters. The molecule has 2 rings (SSSR count). The molecule has 7 heteroatoms. The van der Waals surface area contributed by atoms with Crippen LogP contribution in [-0.4, -0.2) is 60.9 Å². The number of halogens is 2. The Kier molecular flexibility index (Phi) is 7.02. The topological polar surface area (TPSA) is 47.9 Å². The lowest BCUT2D eigenvalue weighted by Crippen LogP contribution is -2.53. The summed E-state index contributed by atoms with van der Waals surface area (Å²) in [6.45, 7) is 7.85. The second-order valence-electron chi connectivity index (χ2n) is 5.71. The van der Waals surface area contributed by atoms with Crippen molar-refractivity contribution < 1.29 is 9.18 Å². The molecule has 24 heavy (non-hydrogen) atoms. The third kappa shape index (κ3) is 5.19. The average molecular weight is 399 g/mol. The van der Waals surface area contributed by atoms with Gasteiger partial charge in [0.2, 0.25) is 5.91 Å². The number of rotatable bonds is 4. The van der Waals surface area contributed by atoms with Crippen LogP contribution < -0.4 is 5.32 Å². The largest absolute Gasteiger partial charge is 0.357 e. The van der Waals surface area contributed by atoms with Gasteiger partial charge in [-0.3, -0.25) is 9.79 Å². The van der Waals surface area contributed by atoms with Crippen LogP contribution >= 0.6 is 15.9 Å². The number of nitrogens with zero attached hydrogens (tertiary/aromatic N) is 3. The molecule has 1 aliphatic rings. The molecule has 1 fully saturated rings. The highest BCUT2D eigenvalue weighted by Gasteiger charge is 2.20. The van der Waals surface area contributed by atoms with E-state index in [1.807, 2.05) is 11.8 Å². The highest BCUT2D eigenvalue weighted by Crippen LogP contribution is 2.16. The van der Waals surface area contributed by atoms with Crippen molar-refractivity contribution in [1.29, 1.82) is 0 Å². The molecule has 0 aromatic heterocycles. The summed E-state index contributed by atoms with van der Waals surface area (Å²) in [6.07, 6.45) is 0.549. The summed E-state index contributed by atoms with van der Waals surface area (Å²) in [4.78, 5) is 20.0. The highest BCUT2D eigenvalue weighted by atomic mass is 79.9. The van der Waals surface area contributed by atoms with Crippen LogP contribution in [0.2, 0.25) is 0 Å². The third-order valence-corrected chi connectivity index (χ3v) is 4.50. The van der Waals surface area contributed by atoms with E-state index < -0.39 is 0 Å². The Hall–Kier alpha value is -1.63. The number of carbonyl (C=O) groups is 1. The second-order valence-corrected chi connectivity index (χ2v) is 6.63. The third-order valence-electron chi connectivity index (χ3n) is 4.01. The molecule has 0 aliphatic carbocycles. The number of hydrogen-bond acceptors (Lipinski definition) is 2. The summed E-state index contributed by atoms with van der Waals surface area (Å²) in [5, 5.41) is 3.28. The molecule has 1 aliphatic heterocycles. The molecule has 1 heterocycles. The van der Waals surface area contributed by atoms with E-state index in [4.69, 9.17) is 0 Å². The lowest BCUT2D eigenvalue weighted by Gasteiger charge is -2.36. The van der Waals surface area contributed by atoms with E-state index in [9.17, 15) is 9.18 Å². The fourth-order valence-electron chi connectivity index (χ4n) is 2.68. The molecule has 1 aromatic rings. The Morgan fingerprint density at radius 1 is 1.29 bits per heavy atom. The van der Waals surface area contributed by atoms with Crippen LogP contribution in [0.5, 0.6) is 0 Å². The van der Waals surface area contributed by atoms with Gasteiger partial charge in [-0.15, -0.1) is 0 Å². The van der Waals surface area contributed by atoms with Crippen LogP contribution in [0.25, 0.3) is 0 Å². The first kappa shape index (κ1) is 18.7. The number of guanidine groups is 1. The zero-order chi connectivity index (χ0) is 17.5. The van der Waals surface area contributed by atoms with E-state index in [2.05, 4.69) is 31.1 Å². The van der Waals surface area contributed by atoms with Gasteiger partial charge in [-0.2, -0.15) is 0 Å². The van der Waals surface area contributed by atoms with Crippen LogP contribution in [0.3, 0.4) is 0 Å². The number of nitrogens with one attached hydrogen (secondary N) is 1.